The quantitative estimate of drug-likeness (QED) is 0.723. The minimum absolute atomic E-state index is 0.115. The zero-order valence-corrected chi connectivity index (χ0v) is 20.1. The first kappa shape index (κ1) is 22.2. The lowest BCUT2D eigenvalue weighted by molar-refractivity contribution is -0.126. The van der Waals surface area contributed by atoms with Gasteiger partial charge in [0, 0.05) is 37.7 Å². The van der Waals surface area contributed by atoms with E-state index in [0.29, 0.717) is 6.04 Å². The molecule has 33 heavy (non-hydrogen) atoms. The molecule has 3 aliphatic rings. The van der Waals surface area contributed by atoms with E-state index < -0.39 is 0 Å². The van der Waals surface area contributed by atoms with Gasteiger partial charge in [-0.05, 0) is 81.8 Å². The third-order valence-corrected chi connectivity index (χ3v) is 7.71. The van der Waals surface area contributed by atoms with Gasteiger partial charge in [-0.25, -0.2) is 4.98 Å². The van der Waals surface area contributed by atoms with E-state index in [9.17, 15) is 4.79 Å². The maximum Gasteiger partial charge on any atom is 0.225 e. The summed E-state index contributed by atoms with van der Waals surface area (Å²) >= 11 is 0. The highest BCUT2D eigenvalue weighted by molar-refractivity contribution is 5.79. The van der Waals surface area contributed by atoms with E-state index in [2.05, 4.69) is 53.9 Å². The van der Waals surface area contributed by atoms with Crippen molar-refractivity contribution in [3.63, 3.8) is 0 Å². The van der Waals surface area contributed by atoms with E-state index in [1.807, 2.05) is 0 Å². The molecule has 1 saturated carbocycles. The summed E-state index contributed by atoms with van der Waals surface area (Å²) in [6, 6.07) is 9.22. The second kappa shape index (κ2) is 9.70. The highest BCUT2D eigenvalue weighted by Crippen LogP contribution is 2.30. The molecule has 1 fully saturated rings. The monoisotopic (exact) mass is 447 g/mol. The summed E-state index contributed by atoms with van der Waals surface area (Å²) in [7, 11) is 4.14. The van der Waals surface area contributed by atoms with Crippen LogP contribution < -0.4 is 15.5 Å². The van der Waals surface area contributed by atoms with Gasteiger partial charge in [0.05, 0.1) is 5.69 Å². The van der Waals surface area contributed by atoms with Gasteiger partial charge in [0.1, 0.15) is 5.82 Å². The zero-order valence-electron chi connectivity index (χ0n) is 20.1. The molecule has 6 heteroatoms. The molecule has 0 spiro atoms. The molecule has 1 atom stereocenters. The fourth-order valence-corrected chi connectivity index (χ4v) is 5.81. The van der Waals surface area contributed by atoms with E-state index >= 15 is 0 Å². The second-order valence-electron chi connectivity index (χ2n) is 10.3. The Morgan fingerprint density at radius 2 is 1.64 bits per heavy atom. The Bertz CT molecular complexity index is 996. The third-order valence-electron chi connectivity index (χ3n) is 7.71. The van der Waals surface area contributed by atoms with Gasteiger partial charge in [0.2, 0.25) is 11.9 Å². The molecule has 1 aromatic carbocycles. The smallest absolute Gasteiger partial charge is 0.225 e. The van der Waals surface area contributed by atoms with Crippen LogP contribution in [0.25, 0.3) is 0 Å². The SMILES string of the molecule is CN(C)c1nc(N[C@H]2CC[C@@H](NC(=O)C3CCc4ccccc4C3)CC2)nc2c1CCCC2. The first-order valence-electron chi connectivity index (χ1n) is 12.8. The lowest BCUT2D eigenvalue weighted by Crippen LogP contribution is -2.43. The Labute approximate surface area is 197 Å². The van der Waals surface area contributed by atoms with Gasteiger partial charge in [0.25, 0.3) is 0 Å². The average molecular weight is 448 g/mol. The summed E-state index contributed by atoms with van der Waals surface area (Å²) in [6.45, 7) is 0. The number of nitrogens with one attached hydrogen (secondary N) is 2. The molecule has 176 valence electrons. The number of amides is 1. The molecular formula is C27H37N5O. The van der Waals surface area contributed by atoms with Crippen molar-refractivity contribution in [1.82, 2.24) is 15.3 Å². The van der Waals surface area contributed by atoms with Crippen molar-refractivity contribution in [2.45, 2.75) is 82.7 Å². The van der Waals surface area contributed by atoms with Crippen molar-refractivity contribution >= 4 is 17.7 Å². The molecule has 0 aliphatic heterocycles. The highest BCUT2D eigenvalue weighted by Gasteiger charge is 2.29. The summed E-state index contributed by atoms with van der Waals surface area (Å²) in [5.74, 6) is 2.20. The number of benzene rings is 1. The van der Waals surface area contributed by atoms with Crippen LogP contribution in [-0.2, 0) is 30.5 Å². The lowest BCUT2D eigenvalue weighted by Gasteiger charge is -2.32. The number of carbonyl (C=O) groups excluding carboxylic acids is 1. The summed E-state index contributed by atoms with van der Waals surface area (Å²) < 4.78 is 0. The first-order valence-corrected chi connectivity index (χ1v) is 12.8. The van der Waals surface area contributed by atoms with Crippen LogP contribution in [0.4, 0.5) is 11.8 Å². The lowest BCUT2D eigenvalue weighted by atomic mass is 9.83. The molecule has 0 saturated heterocycles. The van der Waals surface area contributed by atoms with Gasteiger partial charge in [-0.1, -0.05) is 24.3 Å². The average Bonchev–Trinajstić information content (AvgIpc) is 2.84. The fourth-order valence-electron chi connectivity index (χ4n) is 5.81. The van der Waals surface area contributed by atoms with Crippen LogP contribution in [0.2, 0.25) is 0 Å². The van der Waals surface area contributed by atoms with E-state index in [4.69, 9.17) is 9.97 Å². The van der Waals surface area contributed by atoms with Crippen molar-refractivity contribution in [2.24, 2.45) is 5.92 Å². The van der Waals surface area contributed by atoms with E-state index in [1.165, 1.54) is 35.2 Å². The van der Waals surface area contributed by atoms with Crippen LogP contribution in [0, 0.1) is 5.92 Å². The first-order chi connectivity index (χ1) is 16.1. The fraction of sp³-hybridized carbons (Fsp3) is 0.593. The normalized spacial score (nSPS) is 24.4. The highest BCUT2D eigenvalue weighted by atomic mass is 16.1. The summed E-state index contributed by atoms with van der Waals surface area (Å²) in [5.41, 5.74) is 5.31. The number of hydrogen-bond acceptors (Lipinski definition) is 5. The number of anilines is 2. The molecule has 1 heterocycles. The molecule has 6 nitrogen and oxygen atoms in total. The van der Waals surface area contributed by atoms with Gasteiger partial charge < -0.3 is 15.5 Å². The van der Waals surface area contributed by atoms with E-state index in [0.717, 1.165) is 69.6 Å². The van der Waals surface area contributed by atoms with Crippen molar-refractivity contribution in [2.75, 3.05) is 24.3 Å². The maximum atomic E-state index is 12.9. The molecule has 0 radical (unpaired) electrons. The van der Waals surface area contributed by atoms with Gasteiger partial charge in [-0.3, -0.25) is 4.79 Å². The summed E-state index contributed by atoms with van der Waals surface area (Å²) in [5, 5.41) is 6.98. The number of carbonyl (C=O) groups is 1. The number of nitrogens with zero attached hydrogens (tertiary/aromatic N) is 3. The van der Waals surface area contributed by atoms with Gasteiger partial charge in [0.15, 0.2) is 0 Å². The number of fused-ring (bicyclic) bond motifs is 2. The van der Waals surface area contributed by atoms with E-state index in [1.54, 1.807) is 0 Å². The molecule has 1 amide bonds. The van der Waals surface area contributed by atoms with Crippen LogP contribution in [0.15, 0.2) is 24.3 Å². The van der Waals surface area contributed by atoms with Gasteiger partial charge in [-0.15, -0.1) is 0 Å². The Morgan fingerprint density at radius 1 is 0.909 bits per heavy atom. The Kier molecular flexibility index (Phi) is 6.52. The molecule has 3 aliphatic carbocycles. The number of aromatic nitrogens is 2. The predicted molar refractivity (Wildman–Crippen MR) is 133 cm³/mol. The van der Waals surface area contributed by atoms with Crippen molar-refractivity contribution < 1.29 is 4.79 Å². The summed E-state index contributed by atoms with van der Waals surface area (Å²) in [4.78, 5) is 24.8. The maximum absolute atomic E-state index is 12.9. The van der Waals surface area contributed by atoms with Crippen molar-refractivity contribution in [3.05, 3.63) is 46.6 Å². The van der Waals surface area contributed by atoms with Crippen LogP contribution in [0.5, 0.6) is 0 Å². The van der Waals surface area contributed by atoms with Crippen LogP contribution in [0.3, 0.4) is 0 Å². The minimum Gasteiger partial charge on any atom is -0.362 e. The molecule has 0 bridgehead atoms. The predicted octanol–water partition coefficient (Wildman–Crippen LogP) is 4.07. The Hall–Kier alpha value is -2.63. The number of hydrogen-bond donors (Lipinski definition) is 2. The van der Waals surface area contributed by atoms with Crippen LogP contribution >= 0.6 is 0 Å². The largest absolute Gasteiger partial charge is 0.362 e. The topological polar surface area (TPSA) is 70.2 Å². The Morgan fingerprint density at radius 3 is 2.42 bits per heavy atom. The van der Waals surface area contributed by atoms with Crippen LogP contribution in [0.1, 0.15) is 67.3 Å². The van der Waals surface area contributed by atoms with E-state index in [-0.39, 0.29) is 17.9 Å². The Balaban J connectivity index is 1.14. The number of rotatable bonds is 5. The standard InChI is InChI=1S/C27H37N5O/c1-32(2)25-23-9-5-6-10-24(23)30-27(31-25)29-22-15-13-21(14-16-22)28-26(33)20-12-11-18-7-3-4-8-19(18)17-20/h3-4,7-8,20-22H,5-6,9-17H2,1-2H3,(H,28,33)(H,29,30,31)/t20?,21-,22+. The molecule has 2 aromatic rings. The third kappa shape index (κ3) is 4.99. The molecule has 1 unspecified atom stereocenters. The van der Waals surface area contributed by atoms with Crippen molar-refractivity contribution in [1.29, 1.82) is 0 Å². The zero-order chi connectivity index (χ0) is 22.8. The van der Waals surface area contributed by atoms with Crippen molar-refractivity contribution in [3.8, 4) is 0 Å². The molecule has 1 aromatic heterocycles. The number of aryl methyl sites for hydroxylation is 2. The van der Waals surface area contributed by atoms with Gasteiger partial charge >= 0.3 is 0 Å². The minimum atomic E-state index is 0.115. The van der Waals surface area contributed by atoms with Crippen LogP contribution in [-0.4, -0.2) is 42.1 Å². The molecule has 5 rings (SSSR count). The van der Waals surface area contributed by atoms with Gasteiger partial charge in [-0.2, -0.15) is 4.98 Å². The molecular weight excluding hydrogens is 410 g/mol. The second-order valence-corrected chi connectivity index (χ2v) is 10.3. The summed E-state index contributed by atoms with van der Waals surface area (Å²) in [6.07, 6.45) is 11.5. The molecule has 2 N–H and O–H groups in total.